The second kappa shape index (κ2) is 6.03. The quantitative estimate of drug-likeness (QED) is 0.671. The molecule has 0 aliphatic rings. The van der Waals surface area contributed by atoms with Gasteiger partial charge >= 0.3 is 5.97 Å². The molecule has 0 spiro atoms. The van der Waals surface area contributed by atoms with Crippen molar-refractivity contribution in [1.82, 2.24) is 0 Å². The van der Waals surface area contributed by atoms with Crippen LogP contribution >= 0.6 is 23.2 Å². The predicted molar refractivity (Wildman–Crippen MR) is 80.8 cm³/mol. The monoisotopic (exact) mass is 310 g/mol. The molecule has 0 aliphatic carbocycles. The van der Waals surface area contributed by atoms with Crippen molar-refractivity contribution in [3.05, 3.63) is 57.6 Å². The van der Waals surface area contributed by atoms with Crippen LogP contribution in [0.1, 0.15) is 15.9 Å². The maximum Gasteiger partial charge on any atom is 0.338 e. The Hall–Kier alpha value is -1.91. The van der Waals surface area contributed by atoms with E-state index in [1.807, 2.05) is 0 Å². The highest BCUT2D eigenvalue weighted by Gasteiger charge is 2.12. The van der Waals surface area contributed by atoms with Crippen LogP contribution in [0.2, 0.25) is 10.0 Å². The zero-order valence-electron chi connectivity index (χ0n) is 10.4. The molecule has 0 aromatic heterocycles. The topological polar surface area (TPSA) is 78.3 Å². The highest BCUT2D eigenvalue weighted by atomic mass is 35.5. The van der Waals surface area contributed by atoms with Crippen LogP contribution in [0.3, 0.4) is 0 Å². The van der Waals surface area contributed by atoms with Crippen molar-refractivity contribution >= 4 is 40.5 Å². The number of hydrogen-bond acceptors (Lipinski definition) is 4. The molecule has 0 fully saturated rings. The lowest BCUT2D eigenvalue weighted by atomic mass is 10.2. The van der Waals surface area contributed by atoms with Crippen molar-refractivity contribution < 1.29 is 9.53 Å². The van der Waals surface area contributed by atoms with Gasteiger partial charge in [0.15, 0.2) is 0 Å². The van der Waals surface area contributed by atoms with Crippen LogP contribution in [0, 0.1) is 0 Å². The zero-order chi connectivity index (χ0) is 14.7. The highest BCUT2D eigenvalue weighted by Crippen LogP contribution is 2.25. The Morgan fingerprint density at radius 2 is 1.60 bits per heavy atom. The number of anilines is 2. The van der Waals surface area contributed by atoms with E-state index in [1.54, 1.807) is 24.3 Å². The minimum atomic E-state index is -0.542. The molecule has 0 saturated heterocycles. The minimum absolute atomic E-state index is 0.0218. The van der Waals surface area contributed by atoms with Crippen molar-refractivity contribution in [2.24, 2.45) is 0 Å². The van der Waals surface area contributed by atoms with Gasteiger partial charge in [0.25, 0.3) is 0 Å². The summed E-state index contributed by atoms with van der Waals surface area (Å²) in [5.74, 6) is -0.542. The number of rotatable bonds is 3. The summed E-state index contributed by atoms with van der Waals surface area (Å²) in [6.45, 7) is -0.0218. The molecule has 4 N–H and O–H groups in total. The molecule has 0 atom stereocenters. The maximum atomic E-state index is 11.9. The molecular formula is C14H12Cl2N2O2. The van der Waals surface area contributed by atoms with E-state index in [0.717, 1.165) is 0 Å². The molecule has 20 heavy (non-hydrogen) atoms. The first-order valence-electron chi connectivity index (χ1n) is 5.73. The fourth-order valence-electron chi connectivity index (χ4n) is 1.69. The van der Waals surface area contributed by atoms with Crippen LogP contribution in [-0.4, -0.2) is 5.97 Å². The molecule has 6 heteroatoms. The van der Waals surface area contributed by atoms with Crippen molar-refractivity contribution in [3.63, 3.8) is 0 Å². The lowest BCUT2D eigenvalue weighted by Crippen LogP contribution is -2.07. The summed E-state index contributed by atoms with van der Waals surface area (Å²) in [5, 5.41) is 0.884. The standard InChI is InChI=1S/C14H12Cl2N2O2/c15-12-2-1-3-13(16)11(12)7-20-14(19)8-4-9(17)6-10(18)5-8/h1-6H,7,17-18H2. The third kappa shape index (κ3) is 3.35. The second-order valence-electron chi connectivity index (χ2n) is 4.16. The Kier molecular flexibility index (Phi) is 4.37. The van der Waals surface area contributed by atoms with Crippen LogP contribution in [-0.2, 0) is 11.3 Å². The largest absolute Gasteiger partial charge is 0.457 e. The van der Waals surface area contributed by atoms with Crippen molar-refractivity contribution in [1.29, 1.82) is 0 Å². The Labute approximate surface area is 126 Å². The molecular weight excluding hydrogens is 299 g/mol. The number of halogens is 2. The van der Waals surface area contributed by atoms with Gasteiger partial charge in [-0.15, -0.1) is 0 Å². The summed E-state index contributed by atoms with van der Waals surface area (Å²) in [7, 11) is 0. The first-order valence-corrected chi connectivity index (χ1v) is 6.49. The lowest BCUT2D eigenvalue weighted by Gasteiger charge is -2.09. The van der Waals surface area contributed by atoms with Gasteiger partial charge in [0.05, 0.1) is 5.56 Å². The minimum Gasteiger partial charge on any atom is -0.457 e. The number of carbonyl (C=O) groups excluding carboxylic acids is 1. The van der Waals surface area contributed by atoms with Crippen LogP contribution in [0.15, 0.2) is 36.4 Å². The van der Waals surface area contributed by atoms with Crippen molar-refractivity contribution in [2.45, 2.75) is 6.61 Å². The molecule has 0 amide bonds. The van der Waals surface area contributed by atoms with Crippen LogP contribution in [0.4, 0.5) is 11.4 Å². The number of carbonyl (C=O) groups is 1. The smallest absolute Gasteiger partial charge is 0.338 e. The van der Waals surface area contributed by atoms with Gasteiger partial charge in [-0.25, -0.2) is 4.79 Å². The Morgan fingerprint density at radius 1 is 1.05 bits per heavy atom. The van der Waals surface area contributed by atoms with E-state index >= 15 is 0 Å². The zero-order valence-corrected chi connectivity index (χ0v) is 11.9. The molecule has 4 nitrogen and oxygen atoms in total. The number of benzene rings is 2. The highest BCUT2D eigenvalue weighted by molar-refractivity contribution is 6.35. The van der Waals surface area contributed by atoms with E-state index in [2.05, 4.69) is 0 Å². The van der Waals surface area contributed by atoms with Crippen LogP contribution in [0.25, 0.3) is 0 Å². The molecule has 0 unspecified atom stereocenters. The van der Waals surface area contributed by atoms with E-state index < -0.39 is 5.97 Å². The fraction of sp³-hybridized carbons (Fsp3) is 0.0714. The van der Waals surface area contributed by atoms with E-state index in [9.17, 15) is 4.79 Å². The fourth-order valence-corrected chi connectivity index (χ4v) is 2.19. The van der Waals surface area contributed by atoms with E-state index in [0.29, 0.717) is 27.0 Å². The van der Waals surface area contributed by atoms with Gasteiger partial charge < -0.3 is 16.2 Å². The first kappa shape index (κ1) is 14.5. The molecule has 0 heterocycles. The number of esters is 1. The molecule has 0 bridgehead atoms. The van der Waals surface area contributed by atoms with Crippen molar-refractivity contribution in [3.8, 4) is 0 Å². The Balaban J connectivity index is 2.13. The number of ether oxygens (including phenoxy) is 1. The van der Waals surface area contributed by atoms with Crippen molar-refractivity contribution in [2.75, 3.05) is 11.5 Å². The number of hydrogen-bond donors (Lipinski definition) is 2. The summed E-state index contributed by atoms with van der Waals surface area (Å²) >= 11 is 12.0. The van der Waals surface area contributed by atoms with Gasteiger partial charge in [-0.2, -0.15) is 0 Å². The molecule has 2 aromatic rings. The molecule has 0 radical (unpaired) electrons. The molecule has 104 valence electrons. The molecule has 2 aromatic carbocycles. The number of nitrogens with two attached hydrogens (primary N) is 2. The van der Waals surface area contributed by atoms with Gasteiger partial charge in [-0.3, -0.25) is 0 Å². The third-order valence-corrected chi connectivity index (χ3v) is 3.33. The molecule has 2 rings (SSSR count). The van der Waals surface area contributed by atoms with Gasteiger partial charge in [0.2, 0.25) is 0 Å². The Bertz CT molecular complexity index is 619. The maximum absolute atomic E-state index is 11.9. The molecule has 0 saturated carbocycles. The van der Waals surface area contributed by atoms with Gasteiger partial charge in [0, 0.05) is 27.0 Å². The summed E-state index contributed by atoms with van der Waals surface area (Å²) < 4.78 is 5.17. The number of nitrogen functional groups attached to an aromatic ring is 2. The lowest BCUT2D eigenvalue weighted by molar-refractivity contribution is 0.0473. The van der Waals surface area contributed by atoms with Gasteiger partial charge in [-0.1, -0.05) is 29.3 Å². The van der Waals surface area contributed by atoms with E-state index in [1.165, 1.54) is 12.1 Å². The summed E-state index contributed by atoms with van der Waals surface area (Å²) in [6.07, 6.45) is 0. The summed E-state index contributed by atoms with van der Waals surface area (Å²) in [5.41, 5.74) is 12.9. The average molecular weight is 311 g/mol. The summed E-state index contributed by atoms with van der Waals surface area (Å²) in [4.78, 5) is 11.9. The van der Waals surface area contributed by atoms with E-state index in [-0.39, 0.29) is 12.2 Å². The van der Waals surface area contributed by atoms with Gasteiger partial charge in [0.1, 0.15) is 6.61 Å². The molecule has 0 aliphatic heterocycles. The SMILES string of the molecule is Nc1cc(N)cc(C(=O)OCc2c(Cl)cccc2Cl)c1. The van der Waals surface area contributed by atoms with Crippen LogP contribution in [0.5, 0.6) is 0 Å². The average Bonchev–Trinajstić information content (AvgIpc) is 2.36. The van der Waals surface area contributed by atoms with E-state index in [4.69, 9.17) is 39.4 Å². The second-order valence-corrected chi connectivity index (χ2v) is 4.98. The summed E-state index contributed by atoms with van der Waals surface area (Å²) in [6, 6.07) is 9.61. The van der Waals surface area contributed by atoms with Crippen LogP contribution < -0.4 is 11.5 Å². The first-order chi connectivity index (χ1) is 9.47. The Morgan fingerprint density at radius 3 is 2.15 bits per heavy atom. The normalized spacial score (nSPS) is 10.3. The third-order valence-electron chi connectivity index (χ3n) is 2.62. The van der Waals surface area contributed by atoms with Gasteiger partial charge in [-0.05, 0) is 30.3 Å². The predicted octanol–water partition coefficient (Wildman–Crippen LogP) is 3.51.